The molecule has 4 rings (SSSR count). The van der Waals surface area contributed by atoms with Crippen LogP contribution in [0, 0.1) is 11.8 Å². The van der Waals surface area contributed by atoms with Gasteiger partial charge in [0.2, 0.25) is 0 Å². The first-order valence-electron chi connectivity index (χ1n) is 19.3. The molecule has 0 unspecified atom stereocenters. The highest BCUT2D eigenvalue weighted by Gasteiger charge is 2.23. The monoisotopic (exact) mass is 599 g/mol. The molecule has 0 saturated heterocycles. The molecule has 0 amide bonds. The van der Waals surface area contributed by atoms with Crippen molar-refractivity contribution < 1.29 is 4.79 Å². The van der Waals surface area contributed by atoms with E-state index in [0.717, 1.165) is 49.4 Å². The highest BCUT2D eigenvalue weighted by molar-refractivity contribution is 5.78. The van der Waals surface area contributed by atoms with Gasteiger partial charge in [0, 0.05) is 12.8 Å². The number of ketones is 1. The standard InChI is InChI=1S/C43H66O/c1-3-5-7-13-35-19-27-39(28-20-35)41-31-23-37(24-32-41)15-9-11-17-43(44)18-12-10-16-38-25-33-42(34-26-38)40-29-21-36(22-30-40)14-8-6-4-2/h19-22,27-30,37-38,41-42H,3-18,23-26,31-34H2,1-2H3. The van der Waals surface area contributed by atoms with Crippen molar-refractivity contribution in [2.45, 2.75) is 180 Å². The van der Waals surface area contributed by atoms with E-state index in [1.165, 1.54) is 140 Å². The van der Waals surface area contributed by atoms with Gasteiger partial charge >= 0.3 is 0 Å². The highest BCUT2D eigenvalue weighted by Crippen LogP contribution is 2.39. The topological polar surface area (TPSA) is 17.1 Å². The first kappa shape index (κ1) is 35.0. The van der Waals surface area contributed by atoms with Crippen LogP contribution >= 0.6 is 0 Å². The summed E-state index contributed by atoms with van der Waals surface area (Å²) < 4.78 is 0. The second-order valence-electron chi connectivity index (χ2n) is 14.9. The molecule has 0 heterocycles. The molecule has 0 spiro atoms. The molecule has 2 aliphatic carbocycles. The van der Waals surface area contributed by atoms with Crippen LogP contribution in [0.1, 0.15) is 189 Å². The SMILES string of the molecule is CCCCCc1ccc(C2CCC(CCCCC(=O)CCCCC3CCC(c4ccc(CCCCC)cc4)CC3)CC2)cc1. The molecular weight excluding hydrogens is 532 g/mol. The maximum Gasteiger partial charge on any atom is 0.132 e. The smallest absolute Gasteiger partial charge is 0.132 e. The zero-order valence-electron chi connectivity index (χ0n) is 28.8. The normalized spacial score (nSPS) is 22.2. The van der Waals surface area contributed by atoms with E-state index in [-0.39, 0.29) is 0 Å². The van der Waals surface area contributed by atoms with Crippen molar-refractivity contribution in [1.29, 1.82) is 0 Å². The minimum absolute atomic E-state index is 0.522. The summed E-state index contributed by atoms with van der Waals surface area (Å²) in [6.45, 7) is 4.56. The Bertz CT molecular complexity index is 934. The van der Waals surface area contributed by atoms with E-state index in [0.29, 0.717) is 5.78 Å². The molecule has 0 radical (unpaired) electrons. The van der Waals surface area contributed by atoms with Crippen molar-refractivity contribution in [3.63, 3.8) is 0 Å². The third-order valence-electron chi connectivity index (χ3n) is 11.4. The molecule has 44 heavy (non-hydrogen) atoms. The molecule has 1 heteroatoms. The van der Waals surface area contributed by atoms with Crippen LogP contribution in [0.2, 0.25) is 0 Å². The van der Waals surface area contributed by atoms with Crippen LogP contribution in [0.15, 0.2) is 48.5 Å². The summed E-state index contributed by atoms with van der Waals surface area (Å²) in [6.07, 6.45) is 30.4. The molecular formula is C43H66O. The Labute approximate surface area is 272 Å². The summed E-state index contributed by atoms with van der Waals surface area (Å²) in [6, 6.07) is 19.2. The number of aryl methyl sites for hydroxylation is 2. The van der Waals surface area contributed by atoms with E-state index in [1.54, 1.807) is 11.1 Å². The van der Waals surface area contributed by atoms with Crippen LogP contribution in [0.5, 0.6) is 0 Å². The highest BCUT2D eigenvalue weighted by atomic mass is 16.1. The predicted octanol–water partition coefficient (Wildman–Crippen LogP) is 13.1. The second kappa shape index (κ2) is 20.3. The molecule has 0 bridgehead atoms. The number of Topliss-reactive ketones (excluding diaryl/α,β-unsaturated/α-hetero) is 1. The maximum atomic E-state index is 12.5. The molecule has 0 atom stereocenters. The van der Waals surface area contributed by atoms with E-state index in [9.17, 15) is 4.79 Å². The molecule has 2 saturated carbocycles. The van der Waals surface area contributed by atoms with Crippen molar-refractivity contribution in [3.8, 4) is 0 Å². The fourth-order valence-electron chi connectivity index (χ4n) is 8.28. The Balaban J connectivity index is 0.985. The molecule has 0 aliphatic heterocycles. The van der Waals surface area contributed by atoms with Crippen LogP contribution in [-0.4, -0.2) is 5.78 Å². The zero-order chi connectivity index (χ0) is 30.8. The first-order chi connectivity index (χ1) is 21.6. The van der Waals surface area contributed by atoms with Gasteiger partial charge in [-0.05, 0) is 136 Å². The largest absolute Gasteiger partial charge is 0.300 e. The lowest BCUT2D eigenvalue weighted by Gasteiger charge is -2.29. The molecule has 0 aromatic heterocycles. The van der Waals surface area contributed by atoms with Gasteiger partial charge in [0.15, 0.2) is 0 Å². The van der Waals surface area contributed by atoms with Gasteiger partial charge in [0.1, 0.15) is 5.78 Å². The summed E-state index contributed by atoms with van der Waals surface area (Å²) in [5, 5.41) is 0. The van der Waals surface area contributed by atoms with E-state index >= 15 is 0 Å². The van der Waals surface area contributed by atoms with Gasteiger partial charge in [0.25, 0.3) is 0 Å². The number of benzene rings is 2. The molecule has 2 aromatic rings. The number of hydrogen-bond donors (Lipinski definition) is 0. The van der Waals surface area contributed by atoms with Crippen molar-refractivity contribution in [1.82, 2.24) is 0 Å². The average Bonchev–Trinajstić information content (AvgIpc) is 3.07. The lowest BCUT2D eigenvalue weighted by atomic mass is 9.76. The van der Waals surface area contributed by atoms with Crippen LogP contribution in [0.25, 0.3) is 0 Å². The van der Waals surface area contributed by atoms with Gasteiger partial charge in [-0.1, -0.05) is 114 Å². The Morgan fingerprint density at radius 3 is 1.25 bits per heavy atom. The van der Waals surface area contributed by atoms with Gasteiger partial charge in [-0.15, -0.1) is 0 Å². The van der Waals surface area contributed by atoms with Crippen LogP contribution < -0.4 is 0 Å². The van der Waals surface area contributed by atoms with Crippen molar-refractivity contribution in [3.05, 3.63) is 70.8 Å². The second-order valence-corrected chi connectivity index (χ2v) is 14.9. The summed E-state index contributed by atoms with van der Waals surface area (Å²) >= 11 is 0. The van der Waals surface area contributed by atoms with E-state index in [2.05, 4.69) is 62.4 Å². The van der Waals surface area contributed by atoms with Crippen molar-refractivity contribution >= 4 is 5.78 Å². The zero-order valence-corrected chi connectivity index (χ0v) is 28.8. The van der Waals surface area contributed by atoms with Crippen molar-refractivity contribution in [2.75, 3.05) is 0 Å². The Kier molecular flexibility index (Phi) is 16.1. The molecule has 244 valence electrons. The summed E-state index contributed by atoms with van der Waals surface area (Å²) in [5.74, 6) is 3.84. The third-order valence-corrected chi connectivity index (χ3v) is 11.4. The van der Waals surface area contributed by atoms with Gasteiger partial charge in [-0.2, -0.15) is 0 Å². The summed E-state index contributed by atoms with van der Waals surface area (Å²) in [4.78, 5) is 12.5. The minimum atomic E-state index is 0.522. The number of carbonyl (C=O) groups is 1. The van der Waals surface area contributed by atoms with Gasteiger partial charge < -0.3 is 0 Å². The molecule has 2 fully saturated rings. The van der Waals surface area contributed by atoms with Gasteiger partial charge in [-0.3, -0.25) is 4.79 Å². The fourth-order valence-corrected chi connectivity index (χ4v) is 8.28. The Morgan fingerprint density at radius 1 is 0.500 bits per heavy atom. The molecule has 0 N–H and O–H groups in total. The first-order valence-corrected chi connectivity index (χ1v) is 19.3. The number of carbonyl (C=O) groups excluding carboxylic acids is 1. The van der Waals surface area contributed by atoms with E-state index in [1.807, 2.05) is 0 Å². The number of hydrogen-bond acceptors (Lipinski definition) is 1. The lowest BCUT2D eigenvalue weighted by molar-refractivity contribution is -0.119. The fraction of sp³-hybridized carbons (Fsp3) is 0.698. The summed E-state index contributed by atoms with van der Waals surface area (Å²) in [7, 11) is 0. The van der Waals surface area contributed by atoms with Crippen LogP contribution in [0.4, 0.5) is 0 Å². The van der Waals surface area contributed by atoms with E-state index < -0.39 is 0 Å². The lowest BCUT2D eigenvalue weighted by Crippen LogP contribution is -2.13. The average molecular weight is 599 g/mol. The third kappa shape index (κ3) is 12.5. The van der Waals surface area contributed by atoms with Crippen molar-refractivity contribution in [2.24, 2.45) is 11.8 Å². The molecule has 2 aliphatic rings. The summed E-state index contributed by atoms with van der Waals surface area (Å²) in [5.41, 5.74) is 6.16. The molecule has 1 nitrogen and oxygen atoms in total. The predicted molar refractivity (Wildman–Crippen MR) is 191 cm³/mol. The molecule has 2 aromatic carbocycles. The number of rotatable bonds is 20. The Morgan fingerprint density at radius 2 is 0.886 bits per heavy atom. The Hall–Kier alpha value is -1.89. The van der Waals surface area contributed by atoms with Crippen LogP contribution in [-0.2, 0) is 17.6 Å². The quantitative estimate of drug-likeness (QED) is 0.139. The van der Waals surface area contributed by atoms with Gasteiger partial charge in [0.05, 0.1) is 0 Å². The maximum absolute atomic E-state index is 12.5. The van der Waals surface area contributed by atoms with E-state index in [4.69, 9.17) is 0 Å². The minimum Gasteiger partial charge on any atom is -0.300 e. The van der Waals surface area contributed by atoms with Gasteiger partial charge in [-0.25, -0.2) is 0 Å². The van der Waals surface area contributed by atoms with Crippen LogP contribution in [0.3, 0.4) is 0 Å². The number of unbranched alkanes of at least 4 members (excludes halogenated alkanes) is 6.